The maximum atomic E-state index is 7.32. The number of hydrogen-bond acceptors (Lipinski definition) is 0. The van der Waals surface area contributed by atoms with Crippen LogP contribution in [0.5, 0.6) is 0 Å². The third-order valence-corrected chi connectivity index (χ3v) is 7.76. The molecule has 0 spiro atoms. The standard InChI is InChI=1S/C32H40B2/c1-7-23(3)21-31(33,27-16-12-25(5)13-17-27)29-10-9-11-30(20-29)32(34,22-24(4)8-2)28-18-14-26(6)15-19-28/h9-20,23-24H,7-8,21-22H2,1-6H3. The van der Waals surface area contributed by atoms with Crippen molar-refractivity contribution in [3.8, 4) is 0 Å². The minimum Gasteiger partial charge on any atom is -0.0651 e. The molecule has 4 radical (unpaired) electrons. The average Bonchev–Trinajstić information content (AvgIpc) is 2.84. The molecule has 0 bridgehead atoms. The van der Waals surface area contributed by atoms with Crippen LogP contribution in [0.4, 0.5) is 0 Å². The lowest BCUT2D eigenvalue weighted by molar-refractivity contribution is 0.449. The van der Waals surface area contributed by atoms with Gasteiger partial charge < -0.3 is 0 Å². The molecular weight excluding hydrogens is 406 g/mol. The zero-order valence-electron chi connectivity index (χ0n) is 22.1. The lowest BCUT2D eigenvalue weighted by Crippen LogP contribution is -2.33. The highest BCUT2D eigenvalue weighted by atomic mass is 14.3. The molecule has 0 aromatic heterocycles. The fourth-order valence-corrected chi connectivity index (χ4v) is 4.97. The lowest BCUT2D eigenvalue weighted by atomic mass is 9.53. The van der Waals surface area contributed by atoms with Crippen molar-refractivity contribution in [3.05, 3.63) is 106 Å². The SMILES string of the molecule is [B]C(CC(C)CC)(c1ccc(C)cc1)c1cccc(C([B])(CC(C)CC)c2ccc(C)cc2)c1. The smallest absolute Gasteiger partial charge is 0.0651 e. The molecule has 0 amide bonds. The second-order valence-corrected chi connectivity index (χ2v) is 10.7. The van der Waals surface area contributed by atoms with Crippen molar-refractivity contribution in [1.82, 2.24) is 0 Å². The van der Waals surface area contributed by atoms with E-state index < -0.39 is 10.6 Å². The lowest BCUT2D eigenvalue weighted by Gasteiger charge is -2.38. The summed E-state index contributed by atoms with van der Waals surface area (Å²) < 4.78 is 0. The van der Waals surface area contributed by atoms with Crippen molar-refractivity contribution in [2.24, 2.45) is 11.8 Å². The van der Waals surface area contributed by atoms with Gasteiger partial charge in [-0.05, 0) is 71.4 Å². The van der Waals surface area contributed by atoms with Crippen LogP contribution >= 0.6 is 0 Å². The van der Waals surface area contributed by atoms with Crippen LogP contribution in [0.2, 0.25) is 0 Å². The molecular formula is C32H40B2. The van der Waals surface area contributed by atoms with Gasteiger partial charge in [0.15, 0.2) is 0 Å². The van der Waals surface area contributed by atoms with E-state index in [4.69, 9.17) is 15.7 Å². The van der Waals surface area contributed by atoms with Gasteiger partial charge in [-0.2, -0.15) is 0 Å². The van der Waals surface area contributed by atoms with Gasteiger partial charge in [-0.1, -0.05) is 124 Å². The Hall–Kier alpha value is -2.21. The van der Waals surface area contributed by atoms with E-state index in [1.807, 2.05) is 0 Å². The fraction of sp³-hybridized carbons (Fsp3) is 0.438. The first-order chi connectivity index (χ1) is 16.1. The molecule has 0 saturated heterocycles. The molecule has 0 heterocycles. The first-order valence-corrected chi connectivity index (χ1v) is 13.0. The molecule has 3 aromatic rings. The molecule has 0 fully saturated rings. The Balaban J connectivity index is 2.16. The summed E-state index contributed by atoms with van der Waals surface area (Å²) in [7, 11) is 14.6. The molecule has 34 heavy (non-hydrogen) atoms. The molecule has 0 aliphatic rings. The quantitative estimate of drug-likeness (QED) is 0.277. The average molecular weight is 446 g/mol. The first kappa shape index (κ1) is 26.4. The van der Waals surface area contributed by atoms with Crippen molar-refractivity contribution in [2.75, 3.05) is 0 Å². The summed E-state index contributed by atoms with van der Waals surface area (Å²) in [6, 6.07) is 26.2. The van der Waals surface area contributed by atoms with Crippen LogP contribution in [0.1, 0.15) is 86.8 Å². The predicted octanol–water partition coefficient (Wildman–Crippen LogP) is 8.00. The predicted molar refractivity (Wildman–Crippen MR) is 150 cm³/mol. The van der Waals surface area contributed by atoms with Crippen molar-refractivity contribution < 1.29 is 0 Å². The largest absolute Gasteiger partial charge is 0.0875 e. The van der Waals surface area contributed by atoms with E-state index in [1.54, 1.807) is 0 Å². The summed E-state index contributed by atoms with van der Waals surface area (Å²) in [5.74, 6) is 1.02. The Bertz CT molecular complexity index is 970. The molecule has 4 atom stereocenters. The van der Waals surface area contributed by atoms with Crippen LogP contribution in [0.25, 0.3) is 0 Å². The molecule has 0 aliphatic carbocycles. The minimum absolute atomic E-state index is 0.509. The molecule has 0 aliphatic heterocycles. The molecule has 174 valence electrons. The summed E-state index contributed by atoms with van der Waals surface area (Å²) in [6.45, 7) is 13.3. The van der Waals surface area contributed by atoms with Gasteiger partial charge >= 0.3 is 0 Å². The first-order valence-electron chi connectivity index (χ1n) is 13.0. The van der Waals surface area contributed by atoms with E-state index in [2.05, 4.69) is 114 Å². The Morgan fingerprint density at radius 2 is 0.941 bits per heavy atom. The number of rotatable bonds is 10. The van der Waals surface area contributed by atoms with E-state index in [0.717, 1.165) is 47.9 Å². The zero-order valence-corrected chi connectivity index (χ0v) is 22.1. The van der Waals surface area contributed by atoms with E-state index >= 15 is 0 Å². The van der Waals surface area contributed by atoms with Crippen LogP contribution < -0.4 is 0 Å². The van der Waals surface area contributed by atoms with Crippen molar-refractivity contribution >= 4 is 15.7 Å². The Labute approximate surface area is 211 Å². The van der Waals surface area contributed by atoms with Crippen LogP contribution in [0.15, 0.2) is 72.8 Å². The second-order valence-electron chi connectivity index (χ2n) is 10.7. The van der Waals surface area contributed by atoms with Gasteiger partial charge in [0.2, 0.25) is 0 Å². The fourth-order valence-electron chi connectivity index (χ4n) is 4.97. The summed E-state index contributed by atoms with van der Waals surface area (Å²) in [5.41, 5.74) is 7.10. The van der Waals surface area contributed by atoms with Crippen LogP contribution in [0, 0.1) is 25.7 Å². The summed E-state index contributed by atoms with van der Waals surface area (Å²) in [4.78, 5) is 0. The summed E-state index contributed by atoms with van der Waals surface area (Å²) in [5, 5.41) is -1.13. The third kappa shape index (κ3) is 5.70. The molecule has 0 saturated carbocycles. The van der Waals surface area contributed by atoms with Gasteiger partial charge in [0.05, 0.1) is 15.7 Å². The molecule has 3 aromatic carbocycles. The maximum absolute atomic E-state index is 7.32. The van der Waals surface area contributed by atoms with Gasteiger partial charge in [-0.15, -0.1) is 0 Å². The summed E-state index contributed by atoms with van der Waals surface area (Å²) in [6.07, 6.45) is 3.98. The topological polar surface area (TPSA) is 0 Å². The van der Waals surface area contributed by atoms with E-state index in [9.17, 15) is 0 Å². The molecule has 0 nitrogen and oxygen atoms in total. The molecule has 2 heteroatoms. The molecule has 4 unspecified atom stereocenters. The zero-order chi connectivity index (χ0) is 24.9. The Morgan fingerprint density at radius 3 is 1.26 bits per heavy atom. The molecule has 3 rings (SSSR count). The van der Waals surface area contributed by atoms with Gasteiger partial charge in [-0.3, -0.25) is 0 Å². The highest BCUT2D eigenvalue weighted by Crippen LogP contribution is 2.41. The molecule has 0 N–H and O–H groups in total. The minimum atomic E-state index is -0.566. The van der Waals surface area contributed by atoms with E-state index in [0.29, 0.717) is 11.8 Å². The van der Waals surface area contributed by atoms with Crippen molar-refractivity contribution in [1.29, 1.82) is 0 Å². The van der Waals surface area contributed by atoms with Crippen LogP contribution in [-0.4, -0.2) is 15.7 Å². The van der Waals surface area contributed by atoms with Gasteiger partial charge in [-0.25, -0.2) is 0 Å². The third-order valence-electron chi connectivity index (χ3n) is 7.76. The van der Waals surface area contributed by atoms with Crippen molar-refractivity contribution in [2.45, 2.75) is 77.9 Å². The number of hydrogen-bond donors (Lipinski definition) is 0. The Kier molecular flexibility index (Phi) is 8.56. The van der Waals surface area contributed by atoms with Gasteiger partial charge in [0, 0.05) is 0 Å². The maximum Gasteiger partial charge on any atom is 0.0875 e. The number of benzene rings is 3. The highest BCUT2D eigenvalue weighted by molar-refractivity contribution is 6.19. The van der Waals surface area contributed by atoms with E-state index in [1.165, 1.54) is 11.1 Å². The second kappa shape index (κ2) is 11.0. The number of aryl methyl sites for hydroxylation is 2. The highest BCUT2D eigenvalue weighted by Gasteiger charge is 2.34. The Morgan fingerprint density at radius 1 is 0.588 bits per heavy atom. The monoisotopic (exact) mass is 446 g/mol. The van der Waals surface area contributed by atoms with Crippen molar-refractivity contribution in [3.63, 3.8) is 0 Å². The van der Waals surface area contributed by atoms with Crippen LogP contribution in [0.3, 0.4) is 0 Å². The van der Waals surface area contributed by atoms with Crippen LogP contribution in [-0.2, 0) is 10.6 Å². The van der Waals surface area contributed by atoms with Gasteiger partial charge in [0.1, 0.15) is 0 Å². The summed E-state index contributed by atoms with van der Waals surface area (Å²) >= 11 is 0. The van der Waals surface area contributed by atoms with Gasteiger partial charge in [0.25, 0.3) is 0 Å². The normalized spacial score (nSPS) is 16.9. The van der Waals surface area contributed by atoms with E-state index in [-0.39, 0.29) is 0 Å².